The number of dihydropyridines is 1. The number of fused-ring (bicyclic) bond motifs is 3. The molecule has 0 amide bonds. The summed E-state index contributed by atoms with van der Waals surface area (Å²) in [6.07, 6.45) is 6.67. The van der Waals surface area contributed by atoms with Crippen molar-refractivity contribution >= 4 is 17.8 Å². The van der Waals surface area contributed by atoms with Crippen LogP contribution in [0.15, 0.2) is 35.5 Å². The van der Waals surface area contributed by atoms with Crippen LogP contribution in [-0.4, -0.2) is 22.8 Å². The first-order valence-corrected chi connectivity index (χ1v) is 5.02. The van der Waals surface area contributed by atoms with E-state index in [0.29, 0.717) is 11.3 Å². The Morgan fingerprint density at radius 1 is 1.25 bits per heavy atom. The number of carbonyl (C=O) groups is 2. The van der Waals surface area contributed by atoms with Gasteiger partial charge in [-0.25, -0.2) is 0 Å². The molecule has 0 radical (unpaired) electrons. The SMILES string of the molecule is O=C1C(=O)C2C=CC=NC2c2ncccc21. The third-order valence-electron chi connectivity index (χ3n) is 2.88. The molecule has 0 spiro atoms. The number of hydrogen-bond donors (Lipinski definition) is 0. The third-order valence-corrected chi connectivity index (χ3v) is 2.88. The zero-order chi connectivity index (χ0) is 11.1. The number of carbonyl (C=O) groups excluding carboxylic acids is 2. The number of aliphatic imine (C=N–C) groups is 1. The van der Waals surface area contributed by atoms with Gasteiger partial charge in [-0.2, -0.15) is 0 Å². The van der Waals surface area contributed by atoms with Crippen molar-refractivity contribution < 1.29 is 9.59 Å². The summed E-state index contributed by atoms with van der Waals surface area (Å²) in [6.45, 7) is 0. The van der Waals surface area contributed by atoms with Gasteiger partial charge in [-0.05, 0) is 18.2 Å². The highest BCUT2D eigenvalue weighted by molar-refractivity contribution is 6.46. The topological polar surface area (TPSA) is 59.4 Å². The van der Waals surface area contributed by atoms with Crippen LogP contribution >= 0.6 is 0 Å². The van der Waals surface area contributed by atoms with E-state index >= 15 is 0 Å². The molecule has 0 saturated carbocycles. The maximum absolute atomic E-state index is 11.8. The van der Waals surface area contributed by atoms with E-state index in [-0.39, 0.29) is 6.04 Å². The van der Waals surface area contributed by atoms with Crippen molar-refractivity contribution in [2.24, 2.45) is 10.9 Å². The molecule has 0 aromatic carbocycles. The van der Waals surface area contributed by atoms with Crippen LogP contribution in [-0.2, 0) is 4.79 Å². The molecule has 2 heterocycles. The summed E-state index contributed by atoms with van der Waals surface area (Å²) in [5.74, 6) is -1.32. The van der Waals surface area contributed by atoms with Crippen molar-refractivity contribution in [3.8, 4) is 0 Å². The molecule has 16 heavy (non-hydrogen) atoms. The van der Waals surface area contributed by atoms with Crippen LogP contribution in [0.4, 0.5) is 0 Å². The van der Waals surface area contributed by atoms with Crippen LogP contribution in [0.3, 0.4) is 0 Å². The molecule has 2 aliphatic rings. The van der Waals surface area contributed by atoms with Crippen molar-refractivity contribution in [3.63, 3.8) is 0 Å². The van der Waals surface area contributed by atoms with Crippen molar-refractivity contribution in [1.82, 2.24) is 4.98 Å². The van der Waals surface area contributed by atoms with E-state index in [9.17, 15) is 9.59 Å². The second-order valence-corrected chi connectivity index (χ2v) is 3.78. The van der Waals surface area contributed by atoms with Crippen LogP contribution in [0.2, 0.25) is 0 Å². The summed E-state index contributed by atoms with van der Waals surface area (Å²) >= 11 is 0. The molecular weight excluding hydrogens is 204 g/mol. The molecule has 4 nitrogen and oxygen atoms in total. The first-order valence-electron chi connectivity index (χ1n) is 5.02. The van der Waals surface area contributed by atoms with E-state index in [1.54, 1.807) is 36.7 Å². The van der Waals surface area contributed by atoms with Gasteiger partial charge in [-0.15, -0.1) is 0 Å². The highest BCUT2D eigenvalue weighted by Gasteiger charge is 2.41. The fourth-order valence-corrected chi connectivity index (χ4v) is 2.11. The lowest BCUT2D eigenvalue weighted by Crippen LogP contribution is -2.35. The van der Waals surface area contributed by atoms with Crippen LogP contribution in [0.1, 0.15) is 22.1 Å². The molecule has 3 rings (SSSR count). The minimum Gasteiger partial charge on any atom is -0.290 e. The van der Waals surface area contributed by atoms with Crippen molar-refractivity contribution in [2.75, 3.05) is 0 Å². The van der Waals surface area contributed by atoms with Gasteiger partial charge in [0.25, 0.3) is 0 Å². The van der Waals surface area contributed by atoms with E-state index in [2.05, 4.69) is 9.98 Å². The average Bonchev–Trinajstić information content (AvgIpc) is 2.36. The lowest BCUT2D eigenvalue weighted by molar-refractivity contribution is -0.118. The monoisotopic (exact) mass is 212 g/mol. The number of aromatic nitrogens is 1. The maximum atomic E-state index is 11.8. The molecule has 0 N–H and O–H groups in total. The summed E-state index contributed by atoms with van der Waals surface area (Å²) in [4.78, 5) is 32.0. The fraction of sp³-hybridized carbons (Fsp3) is 0.167. The highest BCUT2D eigenvalue weighted by atomic mass is 16.2. The first kappa shape index (κ1) is 9.15. The van der Waals surface area contributed by atoms with Crippen molar-refractivity contribution in [1.29, 1.82) is 0 Å². The van der Waals surface area contributed by atoms with Gasteiger partial charge < -0.3 is 0 Å². The number of ketones is 2. The van der Waals surface area contributed by atoms with Gasteiger partial charge in [-0.1, -0.05) is 6.08 Å². The Balaban J connectivity index is 2.23. The molecule has 1 aromatic rings. The number of hydrogen-bond acceptors (Lipinski definition) is 4. The molecule has 0 bridgehead atoms. The fourth-order valence-electron chi connectivity index (χ4n) is 2.11. The predicted molar refractivity (Wildman–Crippen MR) is 57.4 cm³/mol. The number of allylic oxidation sites excluding steroid dienone is 1. The van der Waals surface area contributed by atoms with Crippen molar-refractivity contribution in [3.05, 3.63) is 41.7 Å². The Hall–Kier alpha value is -2.10. The van der Waals surface area contributed by atoms with E-state index in [1.807, 2.05) is 0 Å². The normalized spacial score (nSPS) is 26.5. The van der Waals surface area contributed by atoms with Crippen LogP contribution in [0.5, 0.6) is 0 Å². The van der Waals surface area contributed by atoms with E-state index in [1.165, 1.54) is 0 Å². The van der Waals surface area contributed by atoms with Crippen molar-refractivity contribution in [2.45, 2.75) is 6.04 Å². The number of Topliss-reactive ketones (excluding diaryl/α,β-unsaturated/α-hetero) is 2. The number of rotatable bonds is 0. The molecular formula is C12H8N2O2. The molecule has 1 aliphatic carbocycles. The molecule has 2 unspecified atom stereocenters. The van der Waals surface area contributed by atoms with E-state index in [4.69, 9.17) is 0 Å². The van der Waals surface area contributed by atoms with Crippen LogP contribution in [0.25, 0.3) is 0 Å². The maximum Gasteiger partial charge on any atom is 0.231 e. The van der Waals surface area contributed by atoms with Gasteiger partial charge in [-0.3, -0.25) is 19.6 Å². The molecule has 2 atom stereocenters. The lowest BCUT2D eigenvalue weighted by Gasteiger charge is -2.27. The van der Waals surface area contributed by atoms with E-state index < -0.39 is 17.5 Å². The number of pyridine rings is 1. The Bertz CT molecular complexity index is 546. The Morgan fingerprint density at radius 3 is 3.00 bits per heavy atom. The Labute approximate surface area is 91.7 Å². The smallest absolute Gasteiger partial charge is 0.231 e. The lowest BCUT2D eigenvalue weighted by atomic mass is 9.80. The molecule has 0 fully saturated rings. The zero-order valence-electron chi connectivity index (χ0n) is 8.33. The van der Waals surface area contributed by atoms with Gasteiger partial charge in [0.05, 0.1) is 11.6 Å². The van der Waals surface area contributed by atoms with Gasteiger partial charge in [0.15, 0.2) is 0 Å². The minimum absolute atomic E-state index is 0.327. The third kappa shape index (κ3) is 1.10. The van der Waals surface area contributed by atoms with Gasteiger partial charge in [0.1, 0.15) is 6.04 Å². The second kappa shape index (κ2) is 3.20. The molecule has 1 aromatic heterocycles. The quantitative estimate of drug-likeness (QED) is 0.606. The average molecular weight is 212 g/mol. The molecule has 4 heteroatoms. The molecule has 1 aliphatic heterocycles. The summed E-state index contributed by atoms with van der Waals surface area (Å²) in [7, 11) is 0. The first-order chi connectivity index (χ1) is 7.79. The number of nitrogens with zero attached hydrogens (tertiary/aromatic N) is 2. The largest absolute Gasteiger partial charge is 0.290 e. The molecule has 78 valence electrons. The van der Waals surface area contributed by atoms with E-state index in [0.717, 1.165) is 0 Å². The summed E-state index contributed by atoms with van der Waals surface area (Å²) in [5, 5.41) is 0. The van der Waals surface area contributed by atoms with Gasteiger partial charge in [0.2, 0.25) is 11.6 Å². The standard InChI is InChI=1S/C12H8N2O2/c15-11-7-3-1-5-13-9(7)10-8(12(11)16)4-2-6-14-10/h1-7,9H. The van der Waals surface area contributed by atoms with Crippen LogP contribution in [0, 0.1) is 5.92 Å². The summed E-state index contributed by atoms with van der Waals surface area (Å²) in [6, 6.07) is 2.96. The molecule has 0 saturated heterocycles. The highest BCUT2D eigenvalue weighted by Crippen LogP contribution is 2.35. The zero-order valence-corrected chi connectivity index (χ0v) is 8.33. The second-order valence-electron chi connectivity index (χ2n) is 3.78. The van der Waals surface area contributed by atoms with Crippen LogP contribution < -0.4 is 0 Å². The summed E-state index contributed by atoms with van der Waals surface area (Å²) < 4.78 is 0. The van der Waals surface area contributed by atoms with Gasteiger partial charge >= 0.3 is 0 Å². The minimum atomic E-state index is -0.472. The Kier molecular flexibility index (Phi) is 1.83. The van der Waals surface area contributed by atoms with Gasteiger partial charge in [0, 0.05) is 18.0 Å². The Morgan fingerprint density at radius 2 is 2.12 bits per heavy atom. The summed E-state index contributed by atoms with van der Waals surface area (Å²) in [5.41, 5.74) is 0.999. The predicted octanol–water partition coefficient (Wildman–Crippen LogP) is 1.14.